The summed E-state index contributed by atoms with van der Waals surface area (Å²) in [4.78, 5) is 0. The van der Waals surface area contributed by atoms with Crippen LogP contribution in [0.4, 0.5) is 0 Å². The van der Waals surface area contributed by atoms with Crippen molar-refractivity contribution >= 4 is 43.9 Å². The first-order valence-corrected chi connectivity index (χ1v) is 18.2. The molecule has 0 spiro atoms. The molecule has 0 radical (unpaired) electrons. The van der Waals surface area contributed by atoms with Crippen molar-refractivity contribution in [3.05, 3.63) is 168 Å². The molecule has 2 N–H and O–H groups in total. The maximum absolute atomic E-state index is 9.73. The smallest absolute Gasteiger partial charge is 0.135 e. The molecule has 266 valence electrons. The second-order valence-electron chi connectivity index (χ2n) is 13.7. The highest BCUT2D eigenvalue weighted by molar-refractivity contribution is 6.07. The minimum Gasteiger partial charge on any atom is -0.491 e. The number of aliphatic hydroxyl groups is 2. The minimum absolute atomic E-state index is 0.0950. The Labute approximate surface area is 312 Å². The van der Waals surface area contributed by atoms with Crippen molar-refractivity contribution < 1.29 is 28.5 Å². The van der Waals surface area contributed by atoms with Crippen molar-refractivity contribution in [2.75, 3.05) is 26.4 Å². The minimum atomic E-state index is -0.630. The van der Waals surface area contributed by atoms with E-state index in [1.807, 2.05) is 66.7 Å². The molecule has 0 bridgehead atoms. The van der Waals surface area contributed by atoms with E-state index in [1.165, 1.54) is 0 Å². The Bertz CT molecular complexity index is 2610. The number of rotatable bonds is 11. The summed E-state index contributed by atoms with van der Waals surface area (Å²) in [6, 6.07) is 51.8. The van der Waals surface area contributed by atoms with E-state index in [0.717, 1.165) is 82.8 Å². The second-order valence-corrected chi connectivity index (χ2v) is 13.7. The fourth-order valence-corrected chi connectivity index (χ4v) is 7.75. The SMILES string of the molecule is CC(c1ccccc1)(c1ccc(OCCO)c(-c2ccc3oc4ccccc4c3c2)c1)c1ccc(OCCO)c(-c2ccc3oc4ccccc4c3c2)c1. The molecular weight excluding hydrogens is 673 g/mol. The summed E-state index contributed by atoms with van der Waals surface area (Å²) in [5.41, 5.74) is 9.71. The van der Waals surface area contributed by atoms with Gasteiger partial charge in [-0.05, 0) is 95.4 Å². The van der Waals surface area contributed by atoms with Crippen LogP contribution in [0.25, 0.3) is 66.1 Å². The van der Waals surface area contributed by atoms with Gasteiger partial charge in [0.1, 0.15) is 47.0 Å². The lowest BCUT2D eigenvalue weighted by Crippen LogP contribution is -2.25. The van der Waals surface area contributed by atoms with Crippen LogP contribution in [0.5, 0.6) is 11.5 Å². The van der Waals surface area contributed by atoms with Crippen molar-refractivity contribution in [2.45, 2.75) is 12.3 Å². The summed E-state index contributed by atoms with van der Waals surface area (Å²) in [7, 11) is 0. The van der Waals surface area contributed by atoms with E-state index in [2.05, 4.69) is 91.9 Å². The van der Waals surface area contributed by atoms with Crippen LogP contribution in [-0.4, -0.2) is 36.6 Å². The lowest BCUT2D eigenvalue weighted by atomic mass is 9.70. The fraction of sp³-hybridized carbons (Fsp3) is 0.125. The molecule has 0 saturated carbocycles. The third kappa shape index (κ3) is 5.77. The van der Waals surface area contributed by atoms with Crippen molar-refractivity contribution in [3.63, 3.8) is 0 Å². The molecule has 0 unspecified atom stereocenters. The average Bonchev–Trinajstić information content (AvgIpc) is 3.80. The number of furan rings is 2. The molecule has 54 heavy (non-hydrogen) atoms. The largest absolute Gasteiger partial charge is 0.491 e. The summed E-state index contributed by atoms with van der Waals surface area (Å²) in [6.07, 6.45) is 0. The molecule has 6 nitrogen and oxygen atoms in total. The monoisotopic (exact) mass is 710 g/mol. The summed E-state index contributed by atoms with van der Waals surface area (Å²) >= 11 is 0. The standard InChI is InChI=1S/C48H38O6/c1-48(33-9-3-2-4-10-33,34-17-21-42(51-25-23-49)38(29-34)31-15-19-46-40(27-31)36-11-5-7-13-44(36)53-46)35-18-22-43(52-26-24-50)39(30-35)32-16-20-47-41(28-32)37-12-6-8-14-45(37)54-47/h2-22,27-30,49-50H,23-26H2,1H3. The number of ether oxygens (including phenoxy) is 2. The number of benzene rings is 7. The van der Waals surface area contributed by atoms with Crippen molar-refractivity contribution in [1.29, 1.82) is 0 Å². The first-order chi connectivity index (χ1) is 26.5. The van der Waals surface area contributed by atoms with Crippen LogP contribution in [-0.2, 0) is 5.41 Å². The maximum atomic E-state index is 9.73. The van der Waals surface area contributed by atoms with E-state index >= 15 is 0 Å². The Balaban J connectivity index is 1.24. The van der Waals surface area contributed by atoms with Gasteiger partial charge in [0.25, 0.3) is 0 Å². The van der Waals surface area contributed by atoms with E-state index in [9.17, 15) is 10.2 Å². The molecule has 0 atom stereocenters. The number of hydrogen-bond acceptors (Lipinski definition) is 6. The molecule has 0 fully saturated rings. The maximum Gasteiger partial charge on any atom is 0.135 e. The van der Waals surface area contributed by atoms with Crippen molar-refractivity contribution in [3.8, 4) is 33.8 Å². The van der Waals surface area contributed by atoms with Crippen LogP contribution in [0.15, 0.2) is 160 Å². The predicted octanol–water partition coefficient (Wildman–Crippen LogP) is 10.9. The second kappa shape index (κ2) is 13.9. The average molecular weight is 711 g/mol. The highest BCUT2D eigenvalue weighted by Gasteiger charge is 2.33. The molecule has 0 aliphatic carbocycles. The quantitative estimate of drug-likeness (QED) is 0.130. The molecular formula is C48H38O6. The Morgan fingerprint density at radius 3 is 1.37 bits per heavy atom. The molecule has 0 amide bonds. The van der Waals surface area contributed by atoms with E-state index in [1.54, 1.807) is 0 Å². The summed E-state index contributed by atoms with van der Waals surface area (Å²) in [5.74, 6) is 1.37. The van der Waals surface area contributed by atoms with Crippen LogP contribution >= 0.6 is 0 Å². The van der Waals surface area contributed by atoms with Gasteiger partial charge in [-0.3, -0.25) is 0 Å². The summed E-state index contributed by atoms with van der Waals surface area (Å²) in [6.45, 7) is 2.41. The van der Waals surface area contributed by atoms with Gasteiger partial charge in [-0.15, -0.1) is 0 Å². The Kier molecular flexibility index (Phi) is 8.62. The van der Waals surface area contributed by atoms with Gasteiger partial charge >= 0.3 is 0 Å². The molecule has 9 rings (SSSR count). The zero-order valence-electron chi connectivity index (χ0n) is 29.8. The van der Waals surface area contributed by atoms with Crippen molar-refractivity contribution in [1.82, 2.24) is 0 Å². The zero-order valence-corrected chi connectivity index (χ0v) is 29.8. The molecule has 7 aromatic carbocycles. The fourth-order valence-electron chi connectivity index (χ4n) is 7.75. The molecule has 0 saturated heterocycles. The van der Waals surface area contributed by atoms with Gasteiger partial charge in [0.15, 0.2) is 0 Å². The predicted molar refractivity (Wildman–Crippen MR) is 215 cm³/mol. The van der Waals surface area contributed by atoms with Crippen LogP contribution in [0.1, 0.15) is 23.6 Å². The molecule has 2 heterocycles. The highest BCUT2D eigenvalue weighted by Crippen LogP contribution is 2.46. The van der Waals surface area contributed by atoms with E-state index < -0.39 is 5.41 Å². The van der Waals surface area contributed by atoms with E-state index in [-0.39, 0.29) is 26.4 Å². The molecule has 6 heteroatoms. The zero-order chi connectivity index (χ0) is 36.6. The van der Waals surface area contributed by atoms with Crippen LogP contribution < -0.4 is 9.47 Å². The van der Waals surface area contributed by atoms with Crippen molar-refractivity contribution in [2.24, 2.45) is 0 Å². The number of aliphatic hydroxyl groups excluding tert-OH is 2. The first-order valence-electron chi connectivity index (χ1n) is 18.2. The number of hydrogen-bond donors (Lipinski definition) is 2. The van der Waals surface area contributed by atoms with Gasteiger partial charge in [-0.25, -0.2) is 0 Å². The summed E-state index contributed by atoms with van der Waals surface area (Å²) < 4.78 is 24.7. The topological polar surface area (TPSA) is 85.2 Å². The van der Waals surface area contributed by atoms with Crippen LogP contribution in [0.2, 0.25) is 0 Å². The summed E-state index contributed by atoms with van der Waals surface area (Å²) in [5, 5.41) is 23.6. The van der Waals surface area contributed by atoms with E-state index in [0.29, 0.717) is 11.5 Å². The Hall–Kier alpha value is -6.34. The van der Waals surface area contributed by atoms with Gasteiger partial charge < -0.3 is 28.5 Å². The van der Waals surface area contributed by atoms with Gasteiger partial charge in [-0.1, -0.05) is 91.0 Å². The normalized spacial score (nSPS) is 11.9. The Morgan fingerprint density at radius 2 is 0.889 bits per heavy atom. The van der Waals surface area contributed by atoms with Gasteiger partial charge in [0.2, 0.25) is 0 Å². The number of fused-ring (bicyclic) bond motifs is 6. The van der Waals surface area contributed by atoms with E-state index in [4.69, 9.17) is 18.3 Å². The number of para-hydroxylation sites is 2. The van der Waals surface area contributed by atoms with Crippen LogP contribution in [0, 0.1) is 0 Å². The lowest BCUT2D eigenvalue weighted by molar-refractivity contribution is 0.202. The lowest BCUT2D eigenvalue weighted by Gasteiger charge is -2.33. The molecule has 0 aliphatic heterocycles. The van der Waals surface area contributed by atoms with Gasteiger partial charge in [0.05, 0.1) is 13.2 Å². The van der Waals surface area contributed by atoms with Gasteiger partial charge in [0, 0.05) is 38.1 Å². The molecule has 0 aliphatic rings. The third-order valence-corrected chi connectivity index (χ3v) is 10.5. The van der Waals surface area contributed by atoms with Crippen LogP contribution in [0.3, 0.4) is 0 Å². The third-order valence-electron chi connectivity index (χ3n) is 10.5. The first kappa shape index (κ1) is 33.5. The molecule has 9 aromatic rings. The highest BCUT2D eigenvalue weighted by atomic mass is 16.5. The Morgan fingerprint density at radius 1 is 0.444 bits per heavy atom. The molecule has 2 aromatic heterocycles. The van der Waals surface area contributed by atoms with Gasteiger partial charge in [-0.2, -0.15) is 0 Å².